The quantitative estimate of drug-likeness (QED) is 0.459. The molecule has 166 valence electrons. The van der Waals surface area contributed by atoms with Crippen molar-refractivity contribution >= 4 is 27.5 Å². The van der Waals surface area contributed by atoms with E-state index in [-0.39, 0.29) is 23.3 Å². The van der Waals surface area contributed by atoms with Gasteiger partial charge in [-0.05, 0) is 12.0 Å². The number of hydrogen-bond donors (Lipinski definition) is 0. The molecule has 31 heavy (non-hydrogen) atoms. The summed E-state index contributed by atoms with van der Waals surface area (Å²) in [4.78, 5) is 15.2. The number of hydrogen-bond acceptors (Lipinski definition) is 7. The second kappa shape index (κ2) is 9.54. The number of amides is 1. The van der Waals surface area contributed by atoms with Crippen LogP contribution in [-0.2, 0) is 25.9 Å². The van der Waals surface area contributed by atoms with Crippen LogP contribution in [0.5, 0.6) is 0 Å². The summed E-state index contributed by atoms with van der Waals surface area (Å²) in [5.41, 5.74) is 0.891. The van der Waals surface area contributed by atoms with Crippen molar-refractivity contribution < 1.29 is 17.9 Å². The molecule has 10 heteroatoms. The van der Waals surface area contributed by atoms with Crippen LogP contribution in [0, 0.1) is 0 Å². The summed E-state index contributed by atoms with van der Waals surface area (Å²) < 4.78 is 31.2. The topological polar surface area (TPSA) is 94.4 Å². The van der Waals surface area contributed by atoms with Gasteiger partial charge in [0.25, 0.3) is 0 Å². The zero-order valence-corrected chi connectivity index (χ0v) is 18.9. The minimum atomic E-state index is -3.05. The molecule has 4 rings (SSSR count). The van der Waals surface area contributed by atoms with E-state index in [1.54, 1.807) is 6.08 Å². The molecule has 1 aromatic heterocycles. The summed E-state index contributed by atoms with van der Waals surface area (Å²) in [5.74, 6) is 0.731. The molecule has 2 aromatic rings. The van der Waals surface area contributed by atoms with E-state index in [2.05, 4.69) is 16.8 Å². The molecule has 2 aliphatic heterocycles. The Morgan fingerprint density at radius 2 is 2.00 bits per heavy atom. The Morgan fingerprint density at radius 3 is 2.65 bits per heavy atom. The standard InChI is InChI=1S/C21H26N4O4S2/c1-2-9-25-19(17-8-14-31(27,28)15-17)22-23-21(25)30-18(16-6-4-3-5-7-16)20(26)24-10-12-29-13-11-24/h2-7,17-18H,1,8-15H2. The SMILES string of the molecule is C=CCn1c(SC(C(=O)N2CCOCC2)c2ccccc2)nnc1C1CCS(=O)(=O)C1. The van der Waals surface area contributed by atoms with E-state index in [4.69, 9.17) is 4.74 Å². The molecule has 2 aliphatic rings. The van der Waals surface area contributed by atoms with Gasteiger partial charge in [0.2, 0.25) is 5.91 Å². The highest BCUT2D eigenvalue weighted by molar-refractivity contribution is 8.00. The third-order valence-electron chi connectivity index (χ3n) is 5.53. The lowest BCUT2D eigenvalue weighted by Crippen LogP contribution is -2.42. The molecule has 1 aromatic carbocycles. The number of carbonyl (C=O) groups is 1. The second-order valence-electron chi connectivity index (χ2n) is 7.69. The first-order valence-corrected chi connectivity index (χ1v) is 13.0. The molecule has 2 fully saturated rings. The average Bonchev–Trinajstić information content (AvgIpc) is 3.35. The van der Waals surface area contributed by atoms with Gasteiger partial charge in [-0.2, -0.15) is 0 Å². The van der Waals surface area contributed by atoms with E-state index in [1.807, 2.05) is 39.8 Å². The monoisotopic (exact) mass is 462 g/mol. The molecule has 2 atom stereocenters. The summed E-state index contributed by atoms with van der Waals surface area (Å²) in [5, 5.41) is 8.81. The fourth-order valence-electron chi connectivity index (χ4n) is 3.93. The zero-order valence-electron chi connectivity index (χ0n) is 17.2. The van der Waals surface area contributed by atoms with Crippen LogP contribution in [0.4, 0.5) is 0 Å². The van der Waals surface area contributed by atoms with Crippen LogP contribution >= 0.6 is 11.8 Å². The van der Waals surface area contributed by atoms with E-state index < -0.39 is 15.1 Å². The molecular weight excluding hydrogens is 436 g/mol. The number of rotatable bonds is 7. The maximum absolute atomic E-state index is 13.4. The lowest BCUT2D eigenvalue weighted by atomic mass is 10.1. The highest BCUT2D eigenvalue weighted by Gasteiger charge is 2.35. The third kappa shape index (κ3) is 5.02. The Bertz CT molecular complexity index is 1030. The number of carbonyl (C=O) groups excluding carboxylic acids is 1. The van der Waals surface area contributed by atoms with Crippen LogP contribution in [0.3, 0.4) is 0 Å². The van der Waals surface area contributed by atoms with Crippen molar-refractivity contribution in [3.05, 3.63) is 54.4 Å². The van der Waals surface area contributed by atoms with Crippen LogP contribution in [-0.4, -0.2) is 71.8 Å². The van der Waals surface area contributed by atoms with Gasteiger partial charge in [-0.25, -0.2) is 8.42 Å². The molecule has 0 aliphatic carbocycles. The van der Waals surface area contributed by atoms with Crippen molar-refractivity contribution in [2.45, 2.75) is 29.3 Å². The average molecular weight is 463 g/mol. The number of thioether (sulfide) groups is 1. The Kier molecular flexibility index (Phi) is 6.78. The van der Waals surface area contributed by atoms with Gasteiger partial charge in [-0.15, -0.1) is 16.8 Å². The fraction of sp³-hybridized carbons (Fsp3) is 0.476. The van der Waals surface area contributed by atoms with Crippen molar-refractivity contribution in [3.8, 4) is 0 Å². The Balaban J connectivity index is 1.65. The van der Waals surface area contributed by atoms with Crippen molar-refractivity contribution in [3.63, 3.8) is 0 Å². The third-order valence-corrected chi connectivity index (χ3v) is 8.52. The number of morpholine rings is 1. The van der Waals surface area contributed by atoms with Crippen molar-refractivity contribution in [2.75, 3.05) is 37.8 Å². The first-order chi connectivity index (χ1) is 15.0. The summed E-state index contributed by atoms with van der Waals surface area (Å²) >= 11 is 1.35. The maximum Gasteiger partial charge on any atom is 0.240 e. The van der Waals surface area contributed by atoms with E-state index >= 15 is 0 Å². The molecule has 1 amide bonds. The van der Waals surface area contributed by atoms with E-state index in [9.17, 15) is 13.2 Å². The van der Waals surface area contributed by atoms with Gasteiger partial charge in [-0.1, -0.05) is 48.2 Å². The molecule has 0 radical (unpaired) electrons. The Labute approximate surface area is 186 Å². The minimum Gasteiger partial charge on any atom is -0.378 e. The smallest absolute Gasteiger partial charge is 0.240 e. The minimum absolute atomic E-state index is 0.0117. The van der Waals surface area contributed by atoms with Crippen LogP contribution in [0.25, 0.3) is 0 Å². The van der Waals surface area contributed by atoms with Gasteiger partial charge < -0.3 is 14.2 Å². The lowest BCUT2D eigenvalue weighted by Gasteiger charge is -2.30. The largest absolute Gasteiger partial charge is 0.378 e. The molecule has 8 nitrogen and oxygen atoms in total. The van der Waals surface area contributed by atoms with E-state index in [0.29, 0.717) is 50.2 Å². The first-order valence-electron chi connectivity index (χ1n) is 10.3. The van der Waals surface area contributed by atoms with Crippen LogP contribution in [0.2, 0.25) is 0 Å². The molecule has 2 saturated heterocycles. The zero-order chi connectivity index (χ0) is 21.8. The molecule has 0 saturated carbocycles. The van der Waals surface area contributed by atoms with Gasteiger partial charge >= 0.3 is 0 Å². The predicted octanol–water partition coefficient (Wildman–Crippen LogP) is 2.06. The predicted molar refractivity (Wildman–Crippen MR) is 119 cm³/mol. The normalized spacial score (nSPS) is 21.7. The second-order valence-corrected chi connectivity index (χ2v) is 11.0. The van der Waals surface area contributed by atoms with Crippen LogP contribution < -0.4 is 0 Å². The van der Waals surface area contributed by atoms with Gasteiger partial charge in [-0.3, -0.25) is 4.79 Å². The number of aromatic nitrogens is 3. The summed E-state index contributed by atoms with van der Waals surface area (Å²) in [6, 6.07) is 9.63. The highest BCUT2D eigenvalue weighted by Crippen LogP contribution is 2.38. The summed E-state index contributed by atoms with van der Waals surface area (Å²) in [6.45, 7) is 6.47. The maximum atomic E-state index is 13.4. The van der Waals surface area contributed by atoms with Gasteiger partial charge in [0, 0.05) is 25.6 Å². The fourth-order valence-corrected chi connectivity index (χ4v) is 6.81. The number of benzene rings is 1. The number of ether oxygens (including phenoxy) is 1. The Hall–Kier alpha value is -2.17. The van der Waals surface area contributed by atoms with Crippen molar-refractivity contribution in [2.24, 2.45) is 0 Å². The van der Waals surface area contributed by atoms with Crippen molar-refractivity contribution in [1.29, 1.82) is 0 Å². The van der Waals surface area contributed by atoms with Crippen LogP contribution in [0.15, 0.2) is 48.1 Å². The summed E-state index contributed by atoms with van der Waals surface area (Å²) in [7, 11) is -3.05. The van der Waals surface area contributed by atoms with Crippen molar-refractivity contribution in [1.82, 2.24) is 19.7 Å². The van der Waals surface area contributed by atoms with E-state index in [1.165, 1.54) is 11.8 Å². The number of allylic oxidation sites excluding steroid dienone is 1. The van der Waals surface area contributed by atoms with Gasteiger partial charge in [0.05, 0.1) is 24.7 Å². The molecule has 0 bridgehead atoms. The lowest BCUT2D eigenvalue weighted by molar-refractivity contribution is -0.134. The van der Waals surface area contributed by atoms with Gasteiger partial charge in [0.15, 0.2) is 15.0 Å². The summed E-state index contributed by atoms with van der Waals surface area (Å²) in [6.07, 6.45) is 2.28. The molecule has 3 heterocycles. The first kappa shape index (κ1) is 22.0. The molecule has 0 spiro atoms. The highest BCUT2D eigenvalue weighted by atomic mass is 32.2. The molecule has 0 N–H and O–H groups in total. The van der Waals surface area contributed by atoms with E-state index in [0.717, 1.165) is 5.56 Å². The Morgan fingerprint density at radius 1 is 1.26 bits per heavy atom. The van der Waals surface area contributed by atoms with Gasteiger partial charge in [0.1, 0.15) is 11.1 Å². The molecular formula is C21H26N4O4S2. The molecule has 2 unspecified atom stereocenters. The number of sulfone groups is 1. The number of nitrogens with zero attached hydrogens (tertiary/aromatic N) is 4. The van der Waals surface area contributed by atoms with Crippen LogP contribution in [0.1, 0.15) is 29.0 Å².